The predicted molar refractivity (Wildman–Crippen MR) is 84.1 cm³/mol. The van der Waals surface area contributed by atoms with E-state index in [1.54, 1.807) is 6.07 Å². The molecule has 112 valence electrons. The molecular weight excluding hydrogens is 265 g/mol. The van der Waals surface area contributed by atoms with Crippen LogP contribution in [0.25, 0.3) is 0 Å². The van der Waals surface area contributed by atoms with Gasteiger partial charge in [-0.2, -0.15) is 0 Å². The van der Waals surface area contributed by atoms with Crippen molar-refractivity contribution in [3.8, 4) is 5.75 Å². The maximum absolute atomic E-state index is 14.0. The van der Waals surface area contributed by atoms with Gasteiger partial charge in [-0.3, -0.25) is 0 Å². The zero-order valence-corrected chi connectivity index (χ0v) is 13.1. The molecule has 3 heteroatoms. The molecule has 2 rings (SSSR count). The summed E-state index contributed by atoms with van der Waals surface area (Å²) in [5.41, 5.74) is 5.63. The molecule has 0 atom stereocenters. The predicted octanol–water partition coefficient (Wildman–Crippen LogP) is 4.05. The molecule has 0 amide bonds. The monoisotopic (exact) mass is 287 g/mol. The molecule has 0 aromatic heterocycles. The van der Waals surface area contributed by atoms with E-state index < -0.39 is 0 Å². The van der Waals surface area contributed by atoms with E-state index in [1.165, 1.54) is 22.8 Å². The third-order valence-electron chi connectivity index (χ3n) is 3.59. The van der Waals surface area contributed by atoms with E-state index in [0.29, 0.717) is 18.9 Å². The van der Waals surface area contributed by atoms with E-state index in [9.17, 15) is 4.39 Å². The Morgan fingerprint density at radius 1 is 1.05 bits per heavy atom. The first-order valence-electron chi connectivity index (χ1n) is 7.14. The number of halogens is 1. The van der Waals surface area contributed by atoms with Crippen LogP contribution in [0.3, 0.4) is 0 Å². The highest BCUT2D eigenvalue weighted by molar-refractivity contribution is 5.37. The average molecular weight is 287 g/mol. The molecule has 0 fully saturated rings. The van der Waals surface area contributed by atoms with Gasteiger partial charge in [0.15, 0.2) is 11.6 Å². The molecule has 0 saturated heterocycles. The summed E-state index contributed by atoms with van der Waals surface area (Å²) in [6, 6.07) is 9.33. The summed E-state index contributed by atoms with van der Waals surface area (Å²) in [5.74, 6) is -0.0144. The van der Waals surface area contributed by atoms with Crippen LogP contribution in [0.1, 0.15) is 27.8 Å². The number of hydrogen-bond acceptors (Lipinski definition) is 2. The first-order valence-corrected chi connectivity index (χ1v) is 7.14. The van der Waals surface area contributed by atoms with Crippen LogP contribution in [0.15, 0.2) is 30.3 Å². The molecule has 0 radical (unpaired) electrons. The Balaban J connectivity index is 2.13. The second kappa shape index (κ2) is 6.72. The molecule has 21 heavy (non-hydrogen) atoms. The number of hydrogen-bond donors (Lipinski definition) is 1. The van der Waals surface area contributed by atoms with Gasteiger partial charge in [0.2, 0.25) is 0 Å². The highest BCUT2D eigenvalue weighted by Gasteiger charge is 2.08. The van der Waals surface area contributed by atoms with Crippen molar-refractivity contribution < 1.29 is 9.13 Å². The van der Waals surface area contributed by atoms with Crippen LogP contribution in [-0.2, 0) is 13.2 Å². The normalized spacial score (nSPS) is 10.7. The van der Waals surface area contributed by atoms with Gasteiger partial charge >= 0.3 is 0 Å². The van der Waals surface area contributed by atoms with Crippen LogP contribution in [0.4, 0.5) is 4.39 Å². The molecule has 0 aliphatic rings. The lowest BCUT2D eigenvalue weighted by Crippen LogP contribution is -2.06. The van der Waals surface area contributed by atoms with Crippen LogP contribution in [0.2, 0.25) is 0 Å². The second-order valence-corrected chi connectivity index (χ2v) is 5.46. The summed E-state index contributed by atoms with van der Waals surface area (Å²) in [4.78, 5) is 0. The van der Waals surface area contributed by atoms with Crippen molar-refractivity contribution >= 4 is 0 Å². The van der Waals surface area contributed by atoms with Crippen molar-refractivity contribution in [1.29, 1.82) is 0 Å². The van der Waals surface area contributed by atoms with E-state index in [2.05, 4.69) is 38.2 Å². The fourth-order valence-electron chi connectivity index (χ4n) is 2.56. The van der Waals surface area contributed by atoms with Crippen LogP contribution in [-0.4, -0.2) is 7.05 Å². The van der Waals surface area contributed by atoms with E-state index in [-0.39, 0.29) is 5.82 Å². The van der Waals surface area contributed by atoms with Gasteiger partial charge in [0.25, 0.3) is 0 Å². The van der Waals surface area contributed by atoms with E-state index in [0.717, 1.165) is 11.1 Å². The molecule has 0 unspecified atom stereocenters. The van der Waals surface area contributed by atoms with Gasteiger partial charge < -0.3 is 10.1 Å². The topological polar surface area (TPSA) is 21.3 Å². The Hall–Kier alpha value is -1.87. The minimum Gasteiger partial charge on any atom is -0.486 e. The highest BCUT2D eigenvalue weighted by Crippen LogP contribution is 2.22. The molecule has 0 aliphatic heterocycles. The maximum Gasteiger partial charge on any atom is 0.165 e. The summed E-state index contributed by atoms with van der Waals surface area (Å²) in [6.45, 7) is 7.23. The van der Waals surface area contributed by atoms with Gasteiger partial charge in [-0.25, -0.2) is 4.39 Å². The summed E-state index contributed by atoms with van der Waals surface area (Å²) >= 11 is 0. The summed E-state index contributed by atoms with van der Waals surface area (Å²) in [5, 5.41) is 3.00. The third-order valence-corrected chi connectivity index (χ3v) is 3.59. The Labute approximate surface area is 126 Å². The molecule has 2 aromatic rings. The lowest BCUT2D eigenvalue weighted by molar-refractivity contribution is 0.288. The van der Waals surface area contributed by atoms with Crippen molar-refractivity contribution in [3.05, 3.63) is 64.0 Å². The van der Waals surface area contributed by atoms with Crippen molar-refractivity contribution in [3.63, 3.8) is 0 Å². The zero-order valence-electron chi connectivity index (χ0n) is 13.1. The van der Waals surface area contributed by atoms with E-state index in [4.69, 9.17) is 4.74 Å². The quantitative estimate of drug-likeness (QED) is 0.895. The van der Waals surface area contributed by atoms with Crippen molar-refractivity contribution in [2.75, 3.05) is 7.05 Å². The standard InChI is InChI=1S/C18H22FNO/c1-12-7-13(2)16(14(3)8-12)11-21-18-6-5-15(10-20-4)9-17(18)19/h5-9,20H,10-11H2,1-4H3. The Morgan fingerprint density at radius 3 is 2.29 bits per heavy atom. The molecular formula is C18H22FNO. The first kappa shape index (κ1) is 15.5. The van der Waals surface area contributed by atoms with Crippen LogP contribution in [0, 0.1) is 26.6 Å². The molecule has 0 spiro atoms. The minimum absolute atomic E-state index is 0.300. The van der Waals surface area contributed by atoms with Gasteiger partial charge in [0.05, 0.1) is 0 Å². The molecule has 2 nitrogen and oxygen atoms in total. The SMILES string of the molecule is CNCc1ccc(OCc2c(C)cc(C)cc2C)c(F)c1. The Morgan fingerprint density at radius 2 is 1.71 bits per heavy atom. The number of benzene rings is 2. The summed E-state index contributed by atoms with van der Waals surface area (Å²) < 4.78 is 19.7. The molecule has 0 heterocycles. The largest absolute Gasteiger partial charge is 0.486 e. The first-order chi connectivity index (χ1) is 10.0. The van der Waals surface area contributed by atoms with Gasteiger partial charge in [0.1, 0.15) is 6.61 Å². The van der Waals surface area contributed by atoms with Crippen molar-refractivity contribution in [2.45, 2.75) is 33.9 Å². The molecule has 0 aliphatic carbocycles. The van der Waals surface area contributed by atoms with Crippen LogP contribution >= 0.6 is 0 Å². The molecule has 1 N–H and O–H groups in total. The maximum atomic E-state index is 14.0. The van der Waals surface area contributed by atoms with Gasteiger partial charge in [-0.1, -0.05) is 23.8 Å². The Bertz CT molecular complexity index is 614. The van der Waals surface area contributed by atoms with E-state index >= 15 is 0 Å². The smallest absolute Gasteiger partial charge is 0.165 e. The summed E-state index contributed by atoms with van der Waals surface area (Å²) in [7, 11) is 1.84. The minimum atomic E-state index is -0.315. The van der Waals surface area contributed by atoms with Gasteiger partial charge in [-0.05, 0) is 62.2 Å². The second-order valence-electron chi connectivity index (χ2n) is 5.46. The average Bonchev–Trinajstić information content (AvgIpc) is 2.40. The molecule has 0 bridgehead atoms. The number of nitrogens with one attached hydrogen (secondary N) is 1. The number of aryl methyl sites for hydroxylation is 3. The van der Waals surface area contributed by atoms with Gasteiger partial charge in [-0.15, -0.1) is 0 Å². The van der Waals surface area contributed by atoms with Crippen molar-refractivity contribution in [2.24, 2.45) is 0 Å². The summed E-state index contributed by atoms with van der Waals surface area (Å²) in [6.07, 6.45) is 0. The fourth-order valence-corrected chi connectivity index (χ4v) is 2.56. The molecule has 0 saturated carbocycles. The third kappa shape index (κ3) is 3.82. The number of rotatable bonds is 5. The van der Waals surface area contributed by atoms with Crippen molar-refractivity contribution in [1.82, 2.24) is 5.32 Å². The van der Waals surface area contributed by atoms with Gasteiger partial charge in [0, 0.05) is 6.54 Å². The highest BCUT2D eigenvalue weighted by atomic mass is 19.1. The number of ether oxygens (including phenoxy) is 1. The Kier molecular flexibility index (Phi) is 4.97. The lowest BCUT2D eigenvalue weighted by Gasteiger charge is -2.13. The molecule has 2 aromatic carbocycles. The van der Waals surface area contributed by atoms with Crippen LogP contribution in [0.5, 0.6) is 5.75 Å². The fraction of sp³-hybridized carbons (Fsp3) is 0.333. The van der Waals surface area contributed by atoms with Crippen LogP contribution < -0.4 is 10.1 Å². The zero-order chi connectivity index (χ0) is 15.4. The lowest BCUT2D eigenvalue weighted by atomic mass is 10.0. The van der Waals surface area contributed by atoms with E-state index in [1.807, 2.05) is 13.1 Å².